The summed E-state index contributed by atoms with van der Waals surface area (Å²) < 4.78 is 0. The molecule has 1 aliphatic rings. The fourth-order valence-corrected chi connectivity index (χ4v) is 3.49. The van der Waals surface area contributed by atoms with E-state index < -0.39 is 0 Å². The van der Waals surface area contributed by atoms with Gasteiger partial charge in [0.25, 0.3) is 11.8 Å². The molecule has 0 spiro atoms. The molecule has 0 atom stereocenters. The monoisotopic (exact) mass is 404 g/mol. The highest BCUT2D eigenvalue weighted by atomic mass is 35.5. The van der Waals surface area contributed by atoms with Gasteiger partial charge in [-0.25, -0.2) is 0 Å². The van der Waals surface area contributed by atoms with Crippen molar-refractivity contribution in [2.75, 3.05) is 5.32 Å². The van der Waals surface area contributed by atoms with Gasteiger partial charge in [0, 0.05) is 21.8 Å². The van der Waals surface area contributed by atoms with Gasteiger partial charge < -0.3 is 5.32 Å². The number of halogens is 1. The molecule has 0 aromatic heterocycles. The van der Waals surface area contributed by atoms with E-state index in [1.165, 1.54) is 4.90 Å². The molecule has 144 valence electrons. The molecule has 0 radical (unpaired) electrons. The van der Waals surface area contributed by atoms with Crippen LogP contribution in [0.5, 0.6) is 0 Å². The summed E-state index contributed by atoms with van der Waals surface area (Å²) in [5, 5.41) is 3.32. The van der Waals surface area contributed by atoms with Crippen LogP contribution in [0.4, 0.5) is 5.69 Å². The molecule has 0 fully saturated rings. The number of carbonyl (C=O) groups is 3. The Morgan fingerprint density at radius 2 is 1.62 bits per heavy atom. The van der Waals surface area contributed by atoms with E-state index >= 15 is 0 Å². The molecule has 1 heterocycles. The lowest BCUT2D eigenvalue weighted by Gasteiger charge is -2.27. The van der Waals surface area contributed by atoms with Gasteiger partial charge in [-0.05, 0) is 53.6 Å². The van der Waals surface area contributed by atoms with E-state index in [4.69, 9.17) is 11.6 Å². The Morgan fingerprint density at radius 3 is 2.38 bits per heavy atom. The van der Waals surface area contributed by atoms with Gasteiger partial charge in [0.15, 0.2) is 0 Å². The second-order valence-electron chi connectivity index (χ2n) is 6.78. The fourth-order valence-electron chi connectivity index (χ4n) is 3.29. The highest BCUT2D eigenvalue weighted by Gasteiger charge is 2.28. The van der Waals surface area contributed by atoms with E-state index in [2.05, 4.69) is 5.32 Å². The summed E-state index contributed by atoms with van der Waals surface area (Å²) in [6, 6.07) is 20.8. The number of anilines is 1. The molecule has 0 bridgehead atoms. The fraction of sp³-hybridized carbons (Fsp3) is 0.0870. The van der Waals surface area contributed by atoms with Gasteiger partial charge in [0.05, 0.1) is 13.0 Å². The molecule has 3 aromatic carbocycles. The van der Waals surface area contributed by atoms with Crippen LogP contribution in [0.3, 0.4) is 0 Å². The van der Waals surface area contributed by atoms with Gasteiger partial charge in [-0.3, -0.25) is 19.3 Å². The molecule has 1 N–H and O–H groups in total. The van der Waals surface area contributed by atoms with E-state index in [1.807, 2.05) is 12.1 Å². The molecule has 0 unspecified atom stereocenters. The standard InChI is InChI=1S/C23H17ClN2O3/c24-19-8-4-7-17(11-19)22(28)25-20-10-9-16-13-21(27)26(14-18(16)12-20)23(29)15-5-2-1-3-6-15/h1-12H,13-14H2,(H,25,28). The Bertz CT molecular complexity index is 1110. The van der Waals surface area contributed by atoms with Gasteiger partial charge in [-0.15, -0.1) is 0 Å². The molecule has 4 rings (SSSR count). The normalized spacial score (nSPS) is 13.0. The predicted molar refractivity (Wildman–Crippen MR) is 111 cm³/mol. The number of rotatable bonds is 3. The summed E-state index contributed by atoms with van der Waals surface area (Å²) in [7, 11) is 0. The van der Waals surface area contributed by atoms with E-state index in [0.717, 1.165) is 11.1 Å². The van der Waals surface area contributed by atoms with Crippen molar-refractivity contribution >= 4 is 35.0 Å². The van der Waals surface area contributed by atoms with Crippen molar-refractivity contribution < 1.29 is 14.4 Å². The van der Waals surface area contributed by atoms with Crippen LogP contribution in [-0.4, -0.2) is 22.6 Å². The first-order valence-corrected chi connectivity index (χ1v) is 9.47. The van der Waals surface area contributed by atoms with Crippen molar-refractivity contribution in [2.24, 2.45) is 0 Å². The zero-order chi connectivity index (χ0) is 20.4. The third-order valence-corrected chi connectivity index (χ3v) is 5.02. The molecule has 5 nitrogen and oxygen atoms in total. The first-order chi connectivity index (χ1) is 14.0. The largest absolute Gasteiger partial charge is 0.322 e. The van der Waals surface area contributed by atoms with Crippen LogP contribution >= 0.6 is 11.6 Å². The lowest BCUT2D eigenvalue weighted by Crippen LogP contribution is -2.40. The molecule has 1 aliphatic heterocycles. The highest BCUT2D eigenvalue weighted by molar-refractivity contribution is 6.31. The minimum Gasteiger partial charge on any atom is -0.322 e. The summed E-state index contributed by atoms with van der Waals surface area (Å²) in [6.07, 6.45) is 0.149. The number of amides is 3. The Kier molecular flexibility index (Phi) is 5.14. The lowest BCUT2D eigenvalue weighted by molar-refractivity contribution is -0.129. The van der Waals surface area contributed by atoms with Crippen LogP contribution in [0.25, 0.3) is 0 Å². The maximum Gasteiger partial charge on any atom is 0.260 e. The van der Waals surface area contributed by atoms with Crippen molar-refractivity contribution in [3.05, 3.63) is 100 Å². The number of hydrogen-bond acceptors (Lipinski definition) is 3. The van der Waals surface area contributed by atoms with E-state index in [1.54, 1.807) is 60.7 Å². The topological polar surface area (TPSA) is 66.5 Å². The summed E-state index contributed by atoms with van der Waals surface area (Å²) in [6.45, 7) is 0.169. The number of nitrogens with one attached hydrogen (secondary N) is 1. The number of imide groups is 1. The Hall–Kier alpha value is -3.44. The molecular weight excluding hydrogens is 388 g/mol. The van der Waals surface area contributed by atoms with Crippen molar-refractivity contribution in [1.82, 2.24) is 4.90 Å². The number of nitrogens with zero attached hydrogens (tertiary/aromatic N) is 1. The molecule has 0 aliphatic carbocycles. The van der Waals surface area contributed by atoms with Crippen LogP contribution in [0, 0.1) is 0 Å². The van der Waals surface area contributed by atoms with Crippen molar-refractivity contribution in [2.45, 2.75) is 13.0 Å². The molecule has 6 heteroatoms. The average molecular weight is 405 g/mol. The van der Waals surface area contributed by atoms with E-state index in [-0.39, 0.29) is 30.7 Å². The quantitative estimate of drug-likeness (QED) is 0.661. The van der Waals surface area contributed by atoms with Crippen LogP contribution in [-0.2, 0) is 17.8 Å². The SMILES string of the molecule is O=C(Nc1ccc2c(c1)CN(C(=O)c1ccccc1)C(=O)C2)c1cccc(Cl)c1. The number of fused-ring (bicyclic) bond motifs is 1. The third kappa shape index (κ3) is 4.05. The summed E-state index contributed by atoms with van der Waals surface area (Å²) in [5.41, 5.74) is 3.20. The smallest absolute Gasteiger partial charge is 0.260 e. The Balaban J connectivity index is 1.55. The zero-order valence-corrected chi connectivity index (χ0v) is 16.1. The minimum atomic E-state index is -0.324. The average Bonchev–Trinajstić information content (AvgIpc) is 2.73. The van der Waals surface area contributed by atoms with Gasteiger partial charge >= 0.3 is 0 Å². The van der Waals surface area contributed by atoms with Crippen LogP contribution in [0.2, 0.25) is 5.02 Å². The van der Waals surface area contributed by atoms with E-state index in [0.29, 0.717) is 21.8 Å². The van der Waals surface area contributed by atoms with Gasteiger partial charge in [0.2, 0.25) is 5.91 Å². The first kappa shape index (κ1) is 18.9. The Labute approximate surface area is 172 Å². The number of carbonyl (C=O) groups excluding carboxylic acids is 3. The summed E-state index contributed by atoms with van der Waals surface area (Å²) in [5.74, 6) is -0.840. The highest BCUT2D eigenvalue weighted by Crippen LogP contribution is 2.25. The summed E-state index contributed by atoms with van der Waals surface area (Å²) in [4.78, 5) is 38.9. The Morgan fingerprint density at radius 1 is 0.862 bits per heavy atom. The van der Waals surface area contributed by atoms with Gasteiger partial charge in [0.1, 0.15) is 0 Å². The predicted octanol–water partition coefficient (Wildman–Crippen LogP) is 4.32. The molecule has 0 saturated carbocycles. The van der Waals surface area contributed by atoms with Gasteiger partial charge in [-0.1, -0.05) is 41.9 Å². The second-order valence-corrected chi connectivity index (χ2v) is 7.21. The minimum absolute atomic E-state index is 0.149. The zero-order valence-electron chi connectivity index (χ0n) is 15.4. The maximum atomic E-state index is 12.7. The lowest BCUT2D eigenvalue weighted by atomic mass is 9.97. The van der Waals surface area contributed by atoms with Crippen molar-refractivity contribution in [1.29, 1.82) is 0 Å². The van der Waals surface area contributed by atoms with Gasteiger partial charge in [-0.2, -0.15) is 0 Å². The molecule has 0 saturated heterocycles. The third-order valence-electron chi connectivity index (χ3n) is 4.79. The van der Waals surface area contributed by atoms with Crippen LogP contribution < -0.4 is 5.32 Å². The van der Waals surface area contributed by atoms with Crippen molar-refractivity contribution in [3.8, 4) is 0 Å². The molecule has 3 amide bonds. The molecule has 29 heavy (non-hydrogen) atoms. The number of benzene rings is 3. The summed E-state index contributed by atoms with van der Waals surface area (Å²) >= 11 is 5.95. The molecule has 3 aromatic rings. The second kappa shape index (κ2) is 7.89. The first-order valence-electron chi connectivity index (χ1n) is 9.10. The van der Waals surface area contributed by atoms with Crippen LogP contribution in [0.15, 0.2) is 72.8 Å². The molecular formula is C23H17ClN2O3. The van der Waals surface area contributed by atoms with Crippen molar-refractivity contribution in [3.63, 3.8) is 0 Å². The number of hydrogen-bond donors (Lipinski definition) is 1. The maximum absolute atomic E-state index is 12.7. The van der Waals surface area contributed by atoms with Crippen LogP contribution in [0.1, 0.15) is 31.8 Å². The van der Waals surface area contributed by atoms with E-state index in [9.17, 15) is 14.4 Å².